The number of carbonyl (C=O) groups excluding carboxylic acids is 2. The van der Waals surface area contributed by atoms with Crippen molar-refractivity contribution in [1.82, 2.24) is 10.1 Å². The summed E-state index contributed by atoms with van der Waals surface area (Å²) >= 11 is 1.25. The molecule has 0 spiro atoms. The molecule has 9 heteroatoms. The van der Waals surface area contributed by atoms with Gasteiger partial charge in [-0.1, -0.05) is 5.16 Å². The second kappa shape index (κ2) is 11.0. The molecule has 0 aromatic carbocycles. The van der Waals surface area contributed by atoms with Crippen molar-refractivity contribution < 1.29 is 23.6 Å². The summed E-state index contributed by atoms with van der Waals surface area (Å²) in [6.07, 6.45) is 0. The SMILES string of the molecule is COCCN(CCOC)C(=O)CSCC(=O)Nc1cc(C)on1. The Bertz CT molecular complexity index is 487. The lowest BCUT2D eigenvalue weighted by molar-refractivity contribution is -0.129. The first-order chi connectivity index (χ1) is 11.1. The number of nitrogens with one attached hydrogen (secondary N) is 1. The van der Waals surface area contributed by atoms with Crippen LogP contribution in [0.5, 0.6) is 0 Å². The minimum Gasteiger partial charge on any atom is -0.383 e. The maximum absolute atomic E-state index is 12.1. The zero-order chi connectivity index (χ0) is 17.1. The van der Waals surface area contributed by atoms with E-state index >= 15 is 0 Å². The van der Waals surface area contributed by atoms with Gasteiger partial charge < -0.3 is 24.2 Å². The lowest BCUT2D eigenvalue weighted by atomic mass is 10.4. The Labute approximate surface area is 139 Å². The number of thioether (sulfide) groups is 1. The maximum Gasteiger partial charge on any atom is 0.235 e. The average Bonchev–Trinajstić information content (AvgIpc) is 2.92. The normalized spacial score (nSPS) is 10.6. The number of nitrogens with zero attached hydrogens (tertiary/aromatic N) is 2. The summed E-state index contributed by atoms with van der Waals surface area (Å²) in [5, 5.41) is 6.28. The van der Waals surface area contributed by atoms with E-state index in [0.29, 0.717) is 37.9 Å². The number of anilines is 1. The second-order valence-electron chi connectivity index (χ2n) is 4.73. The Morgan fingerprint density at radius 1 is 1.26 bits per heavy atom. The van der Waals surface area contributed by atoms with Crippen LogP contribution in [-0.2, 0) is 19.1 Å². The first-order valence-corrected chi connectivity index (χ1v) is 8.28. The molecule has 1 heterocycles. The van der Waals surface area contributed by atoms with Crippen molar-refractivity contribution in [2.24, 2.45) is 0 Å². The predicted octanol–water partition coefficient (Wildman–Crippen LogP) is 0.776. The van der Waals surface area contributed by atoms with Gasteiger partial charge in [-0.15, -0.1) is 11.8 Å². The third kappa shape index (κ3) is 8.00. The average molecular weight is 345 g/mol. The van der Waals surface area contributed by atoms with E-state index in [1.54, 1.807) is 32.1 Å². The van der Waals surface area contributed by atoms with E-state index in [2.05, 4.69) is 10.5 Å². The van der Waals surface area contributed by atoms with Crippen LogP contribution in [0.4, 0.5) is 5.82 Å². The summed E-state index contributed by atoms with van der Waals surface area (Å²) in [5.74, 6) is 1.11. The Kier molecular flexibility index (Phi) is 9.34. The van der Waals surface area contributed by atoms with E-state index in [9.17, 15) is 9.59 Å². The quantitative estimate of drug-likeness (QED) is 0.633. The molecule has 0 saturated carbocycles. The molecule has 0 unspecified atom stereocenters. The fourth-order valence-electron chi connectivity index (χ4n) is 1.69. The molecule has 0 bridgehead atoms. The highest BCUT2D eigenvalue weighted by molar-refractivity contribution is 8.00. The summed E-state index contributed by atoms with van der Waals surface area (Å²) < 4.78 is 14.8. The first kappa shape index (κ1) is 19.5. The summed E-state index contributed by atoms with van der Waals surface area (Å²) in [5.41, 5.74) is 0. The van der Waals surface area contributed by atoms with Gasteiger partial charge in [0.2, 0.25) is 11.8 Å². The molecule has 1 rings (SSSR count). The Hall–Kier alpha value is -1.58. The van der Waals surface area contributed by atoms with Crippen LogP contribution in [0.1, 0.15) is 5.76 Å². The molecule has 1 aromatic rings. The first-order valence-electron chi connectivity index (χ1n) is 7.13. The van der Waals surface area contributed by atoms with Crippen LogP contribution >= 0.6 is 11.8 Å². The lowest BCUT2D eigenvalue weighted by Crippen LogP contribution is -2.37. The largest absolute Gasteiger partial charge is 0.383 e. The van der Waals surface area contributed by atoms with Crippen molar-refractivity contribution in [3.8, 4) is 0 Å². The Morgan fingerprint density at radius 3 is 2.43 bits per heavy atom. The molecule has 8 nitrogen and oxygen atoms in total. The molecule has 0 radical (unpaired) electrons. The molecule has 0 atom stereocenters. The van der Waals surface area contributed by atoms with Gasteiger partial charge >= 0.3 is 0 Å². The van der Waals surface area contributed by atoms with Crippen LogP contribution in [-0.4, -0.2) is 73.9 Å². The lowest BCUT2D eigenvalue weighted by Gasteiger charge is -2.21. The number of hydrogen-bond acceptors (Lipinski definition) is 7. The number of methoxy groups -OCH3 is 2. The maximum atomic E-state index is 12.1. The van der Waals surface area contributed by atoms with Crippen LogP contribution < -0.4 is 5.32 Å². The van der Waals surface area contributed by atoms with Crippen LogP contribution in [0, 0.1) is 6.92 Å². The molecule has 0 saturated heterocycles. The highest BCUT2D eigenvalue weighted by Crippen LogP contribution is 2.09. The molecular formula is C14H23N3O5S. The molecule has 0 aliphatic heterocycles. The number of amides is 2. The summed E-state index contributed by atoms with van der Waals surface area (Å²) in [6, 6.07) is 1.63. The van der Waals surface area contributed by atoms with Crippen molar-refractivity contribution in [3.05, 3.63) is 11.8 Å². The molecule has 130 valence electrons. The zero-order valence-electron chi connectivity index (χ0n) is 13.7. The predicted molar refractivity (Wildman–Crippen MR) is 87.5 cm³/mol. The van der Waals surface area contributed by atoms with Crippen molar-refractivity contribution >= 4 is 29.4 Å². The van der Waals surface area contributed by atoms with Crippen molar-refractivity contribution in [3.63, 3.8) is 0 Å². The molecule has 2 amide bonds. The number of carbonyl (C=O) groups is 2. The minimum absolute atomic E-state index is 0.0471. The topological polar surface area (TPSA) is 93.9 Å². The third-order valence-corrected chi connectivity index (χ3v) is 3.75. The van der Waals surface area contributed by atoms with E-state index < -0.39 is 0 Å². The van der Waals surface area contributed by atoms with Crippen molar-refractivity contribution in [2.45, 2.75) is 6.92 Å². The van der Waals surface area contributed by atoms with Gasteiger partial charge in [0.1, 0.15) is 5.76 Å². The Balaban J connectivity index is 2.30. The van der Waals surface area contributed by atoms with E-state index in [4.69, 9.17) is 14.0 Å². The second-order valence-corrected chi connectivity index (χ2v) is 5.72. The standard InChI is InChI=1S/C14H23N3O5S/c1-11-8-12(16-22-11)15-13(18)9-23-10-14(19)17(4-6-20-2)5-7-21-3/h8H,4-7,9-10H2,1-3H3,(H,15,16,18). The van der Waals surface area contributed by atoms with Crippen molar-refractivity contribution in [1.29, 1.82) is 0 Å². The number of aryl methyl sites for hydroxylation is 1. The fourth-order valence-corrected chi connectivity index (χ4v) is 2.41. The van der Waals surface area contributed by atoms with Gasteiger partial charge in [0.25, 0.3) is 0 Å². The Morgan fingerprint density at radius 2 is 1.91 bits per heavy atom. The molecule has 0 aliphatic carbocycles. The van der Waals surface area contributed by atoms with Crippen LogP contribution in [0.3, 0.4) is 0 Å². The number of rotatable bonds is 11. The van der Waals surface area contributed by atoms with E-state index in [0.717, 1.165) is 0 Å². The smallest absolute Gasteiger partial charge is 0.235 e. The number of aromatic nitrogens is 1. The monoisotopic (exact) mass is 345 g/mol. The number of ether oxygens (including phenoxy) is 2. The minimum atomic E-state index is -0.226. The molecule has 0 fully saturated rings. The van der Waals surface area contributed by atoms with Gasteiger partial charge in [0, 0.05) is 33.4 Å². The van der Waals surface area contributed by atoms with Gasteiger partial charge in [-0.2, -0.15) is 0 Å². The van der Waals surface area contributed by atoms with Crippen LogP contribution in [0.25, 0.3) is 0 Å². The summed E-state index contributed by atoms with van der Waals surface area (Å²) in [6.45, 7) is 3.68. The van der Waals surface area contributed by atoms with Crippen LogP contribution in [0.15, 0.2) is 10.6 Å². The zero-order valence-corrected chi connectivity index (χ0v) is 14.5. The number of hydrogen-bond donors (Lipinski definition) is 1. The molecule has 23 heavy (non-hydrogen) atoms. The van der Waals surface area contributed by atoms with Gasteiger partial charge in [0.05, 0.1) is 24.7 Å². The van der Waals surface area contributed by atoms with Crippen LogP contribution in [0.2, 0.25) is 0 Å². The van der Waals surface area contributed by atoms with Crippen molar-refractivity contribution in [2.75, 3.05) is 57.3 Å². The van der Waals surface area contributed by atoms with Gasteiger partial charge in [0.15, 0.2) is 5.82 Å². The summed E-state index contributed by atoms with van der Waals surface area (Å²) in [4.78, 5) is 25.5. The highest BCUT2D eigenvalue weighted by atomic mass is 32.2. The molecule has 0 aliphatic rings. The molecule has 1 aromatic heterocycles. The van der Waals surface area contributed by atoms with E-state index in [1.165, 1.54) is 11.8 Å². The fraction of sp³-hybridized carbons (Fsp3) is 0.643. The van der Waals surface area contributed by atoms with Gasteiger partial charge in [-0.3, -0.25) is 9.59 Å². The van der Waals surface area contributed by atoms with Gasteiger partial charge in [-0.05, 0) is 6.92 Å². The molecule has 1 N–H and O–H groups in total. The van der Waals surface area contributed by atoms with Gasteiger partial charge in [-0.25, -0.2) is 0 Å². The summed E-state index contributed by atoms with van der Waals surface area (Å²) in [7, 11) is 3.17. The third-order valence-electron chi connectivity index (χ3n) is 2.84. The highest BCUT2D eigenvalue weighted by Gasteiger charge is 2.14. The van der Waals surface area contributed by atoms with E-state index in [1.807, 2.05) is 0 Å². The van der Waals surface area contributed by atoms with E-state index in [-0.39, 0.29) is 23.3 Å². The molecular weight excluding hydrogens is 322 g/mol.